The SMILES string of the molecule is Cc1nc(Nc2cccc(NC(=O)/C=C/c3ccc(F)cc3)c2)cc(-c2ccccc2)n1. The van der Waals surface area contributed by atoms with Crippen LogP contribution >= 0.6 is 0 Å². The van der Waals surface area contributed by atoms with Gasteiger partial charge in [-0.25, -0.2) is 14.4 Å². The van der Waals surface area contributed by atoms with Gasteiger partial charge in [-0.15, -0.1) is 0 Å². The van der Waals surface area contributed by atoms with Crippen molar-refractivity contribution < 1.29 is 9.18 Å². The van der Waals surface area contributed by atoms with E-state index in [9.17, 15) is 9.18 Å². The largest absolute Gasteiger partial charge is 0.340 e. The Balaban J connectivity index is 1.46. The van der Waals surface area contributed by atoms with Gasteiger partial charge < -0.3 is 10.6 Å². The van der Waals surface area contributed by atoms with Gasteiger partial charge in [-0.1, -0.05) is 48.5 Å². The molecule has 1 aromatic heterocycles. The number of aryl methyl sites for hydroxylation is 1. The predicted molar refractivity (Wildman–Crippen MR) is 126 cm³/mol. The van der Waals surface area contributed by atoms with Crippen molar-refractivity contribution in [3.05, 3.63) is 108 Å². The fourth-order valence-corrected chi connectivity index (χ4v) is 3.14. The second-order valence-electron chi connectivity index (χ2n) is 7.13. The number of anilines is 3. The van der Waals surface area contributed by atoms with E-state index in [2.05, 4.69) is 20.6 Å². The summed E-state index contributed by atoms with van der Waals surface area (Å²) in [5.74, 6) is 0.724. The van der Waals surface area contributed by atoms with Gasteiger partial charge in [0.1, 0.15) is 17.5 Å². The van der Waals surface area contributed by atoms with Crippen LogP contribution in [0.4, 0.5) is 21.6 Å². The third kappa shape index (κ3) is 5.64. The zero-order valence-electron chi connectivity index (χ0n) is 17.4. The molecule has 0 aliphatic heterocycles. The van der Waals surface area contributed by atoms with E-state index in [0.29, 0.717) is 17.3 Å². The van der Waals surface area contributed by atoms with E-state index < -0.39 is 0 Å². The maximum absolute atomic E-state index is 13.0. The van der Waals surface area contributed by atoms with E-state index in [1.54, 1.807) is 24.3 Å². The molecular formula is C26H21FN4O. The highest BCUT2D eigenvalue weighted by Crippen LogP contribution is 2.23. The normalized spacial score (nSPS) is 10.8. The molecule has 0 aliphatic carbocycles. The Morgan fingerprint density at radius 1 is 0.875 bits per heavy atom. The van der Waals surface area contributed by atoms with E-state index in [0.717, 1.165) is 22.5 Å². The average Bonchev–Trinajstić information content (AvgIpc) is 2.79. The summed E-state index contributed by atoms with van der Waals surface area (Å²) in [7, 11) is 0. The van der Waals surface area contributed by atoms with Crippen LogP contribution < -0.4 is 10.6 Å². The molecule has 4 rings (SSSR count). The Kier molecular flexibility index (Phi) is 6.32. The van der Waals surface area contributed by atoms with E-state index in [-0.39, 0.29) is 11.7 Å². The first kappa shape index (κ1) is 20.9. The molecule has 2 N–H and O–H groups in total. The molecule has 0 aliphatic rings. The molecule has 32 heavy (non-hydrogen) atoms. The van der Waals surface area contributed by atoms with Crippen LogP contribution in [0.2, 0.25) is 0 Å². The Morgan fingerprint density at radius 3 is 2.41 bits per heavy atom. The number of rotatable bonds is 6. The molecule has 3 aromatic carbocycles. The highest BCUT2D eigenvalue weighted by molar-refractivity contribution is 6.02. The first-order chi connectivity index (χ1) is 15.5. The zero-order chi connectivity index (χ0) is 22.3. The lowest BCUT2D eigenvalue weighted by Gasteiger charge is -2.10. The molecule has 0 saturated heterocycles. The third-order valence-corrected chi connectivity index (χ3v) is 4.61. The Bertz CT molecular complexity index is 1250. The number of halogens is 1. The summed E-state index contributed by atoms with van der Waals surface area (Å²) < 4.78 is 13.0. The van der Waals surface area contributed by atoms with Gasteiger partial charge in [-0.3, -0.25) is 4.79 Å². The van der Waals surface area contributed by atoms with Crippen LogP contribution in [-0.4, -0.2) is 15.9 Å². The van der Waals surface area contributed by atoms with Crippen molar-refractivity contribution in [2.75, 3.05) is 10.6 Å². The fourth-order valence-electron chi connectivity index (χ4n) is 3.14. The Labute approximate surface area is 185 Å². The van der Waals surface area contributed by atoms with Gasteiger partial charge in [0.05, 0.1) is 5.69 Å². The third-order valence-electron chi connectivity index (χ3n) is 4.61. The molecule has 0 bridgehead atoms. The van der Waals surface area contributed by atoms with Crippen molar-refractivity contribution in [2.45, 2.75) is 6.92 Å². The minimum Gasteiger partial charge on any atom is -0.340 e. The minimum atomic E-state index is -0.314. The molecule has 4 aromatic rings. The maximum Gasteiger partial charge on any atom is 0.248 e. The number of hydrogen-bond donors (Lipinski definition) is 2. The van der Waals surface area contributed by atoms with Crippen LogP contribution in [-0.2, 0) is 4.79 Å². The van der Waals surface area contributed by atoms with Gasteiger partial charge in [0.2, 0.25) is 5.91 Å². The van der Waals surface area contributed by atoms with E-state index >= 15 is 0 Å². The quantitative estimate of drug-likeness (QED) is 0.373. The Morgan fingerprint density at radius 2 is 1.62 bits per heavy atom. The fraction of sp³-hybridized carbons (Fsp3) is 0.0385. The number of carbonyl (C=O) groups is 1. The molecule has 0 spiro atoms. The van der Waals surface area contributed by atoms with Crippen molar-refractivity contribution in [1.82, 2.24) is 9.97 Å². The van der Waals surface area contributed by atoms with Crippen LogP contribution in [0, 0.1) is 12.7 Å². The van der Waals surface area contributed by atoms with Crippen LogP contribution in [0.3, 0.4) is 0 Å². The summed E-state index contributed by atoms with van der Waals surface area (Å²) in [4.78, 5) is 21.2. The smallest absolute Gasteiger partial charge is 0.248 e. The van der Waals surface area contributed by atoms with Crippen LogP contribution in [0.1, 0.15) is 11.4 Å². The first-order valence-corrected chi connectivity index (χ1v) is 10.1. The monoisotopic (exact) mass is 424 g/mol. The lowest BCUT2D eigenvalue weighted by Crippen LogP contribution is -2.08. The molecule has 1 amide bonds. The topological polar surface area (TPSA) is 66.9 Å². The molecular weight excluding hydrogens is 403 g/mol. The van der Waals surface area contributed by atoms with Gasteiger partial charge >= 0.3 is 0 Å². The summed E-state index contributed by atoms with van der Waals surface area (Å²) in [6.45, 7) is 1.85. The highest BCUT2D eigenvalue weighted by atomic mass is 19.1. The number of nitrogens with one attached hydrogen (secondary N) is 2. The van der Waals surface area contributed by atoms with Gasteiger partial charge in [-0.05, 0) is 48.9 Å². The lowest BCUT2D eigenvalue weighted by atomic mass is 10.1. The van der Waals surface area contributed by atoms with E-state index in [1.165, 1.54) is 18.2 Å². The number of nitrogens with zero attached hydrogens (tertiary/aromatic N) is 2. The zero-order valence-corrected chi connectivity index (χ0v) is 17.4. The van der Waals surface area contributed by atoms with Crippen LogP contribution in [0.5, 0.6) is 0 Å². The number of benzene rings is 3. The standard InChI is InChI=1S/C26H21FN4O/c1-18-28-24(20-6-3-2-4-7-20)17-25(29-18)30-22-8-5-9-23(16-22)31-26(32)15-12-19-10-13-21(27)14-11-19/h2-17H,1H3,(H,31,32)(H,28,29,30)/b15-12+. The van der Waals surface area contributed by atoms with Crippen molar-refractivity contribution >= 4 is 29.2 Å². The summed E-state index contributed by atoms with van der Waals surface area (Å²) in [6, 6.07) is 25.1. The van der Waals surface area contributed by atoms with Crippen molar-refractivity contribution in [3.8, 4) is 11.3 Å². The molecule has 158 valence electrons. The molecule has 0 saturated carbocycles. The summed E-state index contributed by atoms with van der Waals surface area (Å²) in [5.41, 5.74) is 4.00. The van der Waals surface area contributed by atoms with Crippen molar-refractivity contribution in [1.29, 1.82) is 0 Å². The van der Waals surface area contributed by atoms with Crippen LogP contribution in [0.15, 0.2) is 91.0 Å². The summed E-state index contributed by atoms with van der Waals surface area (Å²) in [6.07, 6.45) is 3.04. The molecule has 6 heteroatoms. The molecule has 0 atom stereocenters. The molecule has 0 radical (unpaired) electrons. The van der Waals surface area contributed by atoms with Gasteiger partial charge in [0, 0.05) is 29.1 Å². The maximum atomic E-state index is 13.0. The minimum absolute atomic E-state index is 0.282. The average molecular weight is 424 g/mol. The van der Waals surface area contributed by atoms with Crippen molar-refractivity contribution in [3.63, 3.8) is 0 Å². The van der Waals surface area contributed by atoms with Gasteiger partial charge in [0.15, 0.2) is 0 Å². The summed E-state index contributed by atoms with van der Waals surface area (Å²) in [5, 5.41) is 6.10. The second kappa shape index (κ2) is 9.66. The number of carbonyl (C=O) groups excluding carboxylic acids is 1. The Hall–Kier alpha value is -4.32. The molecule has 0 unspecified atom stereocenters. The number of aromatic nitrogens is 2. The number of amides is 1. The van der Waals surface area contributed by atoms with Crippen molar-refractivity contribution in [2.24, 2.45) is 0 Å². The van der Waals surface area contributed by atoms with E-state index in [1.807, 2.05) is 61.5 Å². The van der Waals surface area contributed by atoms with E-state index in [4.69, 9.17) is 0 Å². The molecule has 0 fully saturated rings. The van der Waals surface area contributed by atoms with Gasteiger partial charge in [0.25, 0.3) is 0 Å². The summed E-state index contributed by atoms with van der Waals surface area (Å²) >= 11 is 0. The lowest BCUT2D eigenvalue weighted by molar-refractivity contribution is -0.111. The molecule has 1 heterocycles. The van der Waals surface area contributed by atoms with Crippen LogP contribution in [0.25, 0.3) is 17.3 Å². The second-order valence-corrected chi connectivity index (χ2v) is 7.13. The predicted octanol–water partition coefficient (Wildman–Crippen LogP) is 5.99. The number of hydrogen-bond acceptors (Lipinski definition) is 4. The molecule has 5 nitrogen and oxygen atoms in total. The highest BCUT2D eigenvalue weighted by Gasteiger charge is 2.06. The van der Waals surface area contributed by atoms with Gasteiger partial charge in [-0.2, -0.15) is 0 Å². The first-order valence-electron chi connectivity index (χ1n) is 10.1.